The minimum atomic E-state index is -0.130. The molecule has 0 saturated heterocycles. The molecule has 3 N–H and O–H groups in total. The number of amides is 1. The normalized spacial score (nSPS) is 12.1. The fourth-order valence-corrected chi connectivity index (χ4v) is 2.35. The van der Waals surface area contributed by atoms with Crippen LogP contribution in [-0.2, 0) is 11.3 Å². The molecule has 2 aromatic rings. The summed E-state index contributed by atoms with van der Waals surface area (Å²) in [6.07, 6.45) is 0.324. The molecule has 6 heteroatoms. The second-order valence-corrected chi connectivity index (χ2v) is 5.39. The van der Waals surface area contributed by atoms with E-state index >= 15 is 0 Å². The van der Waals surface area contributed by atoms with Crippen molar-refractivity contribution in [1.82, 2.24) is 15.5 Å². The molecule has 100 valence electrons. The van der Waals surface area contributed by atoms with Crippen LogP contribution in [0.4, 0.5) is 0 Å². The maximum absolute atomic E-state index is 11.5. The van der Waals surface area contributed by atoms with E-state index in [1.165, 1.54) is 11.3 Å². The highest BCUT2D eigenvalue weighted by Gasteiger charge is 2.08. The molecule has 1 heterocycles. The van der Waals surface area contributed by atoms with Crippen LogP contribution in [0.1, 0.15) is 18.4 Å². The zero-order valence-electron chi connectivity index (χ0n) is 10.7. The van der Waals surface area contributed by atoms with Crippen LogP contribution < -0.4 is 11.1 Å². The topological polar surface area (TPSA) is 80.9 Å². The van der Waals surface area contributed by atoms with Gasteiger partial charge in [0.15, 0.2) is 0 Å². The molecule has 19 heavy (non-hydrogen) atoms. The van der Waals surface area contributed by atoms with Crippen molar-refractivity contribution in [2.45, 2.75) is 25.9 Å². The standard InChI is InChI=1S/C13H16N4OS/c1-9(14)7-11(18)15-8-12-16-17-13(19-12)10-5-3-2-4-6-10/h2-6,9H,7-8,14H2,1H3,(H,15,18). The number of benzene rings is 1. The van der Waals surface area contributed by atoms with Gasteiger partial charge in [0.05, 0.1) is 6.54 Å². The number of hydrogen-bond acceptors (Lipinski definition) is 5. The number of nitrogens with zero attached hydrogens (tertiary/aromatic N) is 2. The average molecular weight is 276 g/mol. The van der Waals surface area contributed by atoms with E-state index < -0.39 is 0 Å². The minimum absolute atomic E-state index is 0.0635. The molecule has 1 aromatic heterocycles. The summed E-state index contributed by atoms with van der Waals surface area (Å²) in [4.78, 5) is 11.5. The van der Waals surface area contributed by atoms with E-state index in [0.29, 0.717) is 13.0 Å². The van der Waals surface area contributed by atoms with Crippen LogP contribution in [0.25, 0.3) is 10.6 Å². The molecule has 1 atom stereocenters. The Labute approximate surface area is 115 Å². The fourth-order valence-electron chi connectivity index (χ4n) is 1.56. The molecular formula is C13H16N4OS. The van der Waals surface area contributed by atoms with Crippen LogP contribution in [0.2, 0.25) is 0 Å². The van der Waals surface area contributed by atoms with E-state index in [0.717, 1.165) is 15.6 Å². The third kappa shape index (κ3) is 4.11. The summed E-state index contributed by atoms with van der Waals surface area (Å²) in [7, 11) is 0. The Balaban J connectivity index is 1.93. The molecular weight excluding hydrogens is 260 g/mol. The molecule has 0 aliphatic rings. The van der Waals surface area contributed by atoms with Crippen LogP contribution in [0.5, 0.6) is 0 Å². The van der Waals surface area contributed by atoms with E-state index in [4.69, 9.17) is 5.73 Å². The van der Waals surface area contributed by atoms with Gasteiger partial charge in [0.2, 0.25) is 5.91 Å². The van der Waals surface area contributed by atoms with E-state index in [2.05, 4.69) is 15.5 Å². The van der Waals surface area contributed by atoms with Gasteiger partial charge in [-0.15, -0.1) is 10.2 Å². The van der Waals surface area contributed by atoms with Crippen LogP contribution in [0, 0.1) is 0 Å². The summed E-state index contributed by atoms with van der Waals surface area (Å²) in [5.74, 6) is -0.0635. The number of rotatable bonds is 5. The maximum Gasteiger partial charge on any atom is 0.221 e. The first-order valence-electron chi connectivity index (χ1n) is 6.05. The highest BCUT2D eigenvalue weighted by Crippen LogP contribution is 2.22. The number of aromatic nitrogens is 2. The smallest absolute Gasteiger partial charge is 0.221 e. The summed E-state index contributed by atoms with van der Waals surface area (Å²) in [5.41, 5.74) is 6.59. The first kappa shape index (κ1) is 13.6. The number of nitrogens with one attached hydrogen (secondary N) is 1. The van der Waals surface area contributed by atoms with Gasteiger partial charge in [-0.3, -0.25) is 4.79 Å². The number of hydrogen-bond donors (Lipinski definition) is 2. The third-order valence-electron chi connectivity index (χ3n) is 2.43. The summed E-state index contributed by atoms with van der Waals surface area (Å²) >= 11 is 1.48. The lowest BCUT2D eigenvalue weighted by molar-refractivity contribution is -0.121. The predicted octanol–water partition coefficient (Wildman–Crippen LogP) is 1.56. The molecule has 0 aliphatic heterocycles. The lowest BCUT2D eigenvalue weighted by atomic mass is 10.2. The number of nitrogens with two attached hydrogens (primary N) is 1. The molecule has 0 saturated carbocycles. The van der Waals surface area contributed by atoms with Gasteiger partial charge in [-0.25, -0.2) is 0 Å². The van der Waals surface area contributed by atoms with E-state index in [-0.39, 0.29) is 11.9 Å². The van der Waals surface area contributed by atoms with Crippen molar-refractivity contribution in [1.29, 1.82) is 0 Å². The van der Waals surface area contributed by atoms with Crippen LogP contribution in [0.3, 0.4) is 0 Å². The lowest BCUT2D eigenvalue weighted by Gasteiger charge is -2.04. The second kappa shape index (κ2) is 6.40. The largest absolute Gasteiger partial charge is 0.349 e. The highest BCUT2D eigenvalue weighted by molar-refractivity contribution is 7.14. The maximum atomic E-state index is 11.5. The minimum Gasteiger partial charge on any atom is -0.349 e. The molecule has 1 unspecified atom stereocenters. The summed E-state index contributed by atoms with van der Waals surface area (Å²) in [5, 5.41) is 12.6. The molecule has 0 aliphatic carbocycles. The van der Waals surface area contributed by atoms with Crippen molar-refractivity contribution in [2.24, 2.45) is 5.73 Å². The van der Waals surface area contributed by atoms with Crippen molar-refractivity contribution in [3.8, 4) is 10.6 Å². The molecule has 1 aromatic carbocycles. The van der Waals surface area contributed by atoms with Crippen molar-refractivity contribution < 1.29 is 4.79 Å². The van der Waals surface area contributed by atoms with Crippen molar-refractivity contribution in [2.75, 3.05) is 0 Å². The van der Waals surface area contributed by atoms with Crippen molar-refractivity contribution >= 4 is 17.2 Å². The quantitative estimate of drug-likeness (QED) is 0.868. The highest BCUT2D eigenvalue weighted by atomic mass is 32.1. The molecule has 5 nitrogen and oxygen atoms in total. The van der Waals surface area contributed by atoms with Crippen LogP contribution >= 0.6 is 11.3 Å². The first-order valence-corrected chi connectivity index (χ1v) is 6.87. The third-order valence-corrected chi connectivity index (χ3v) is 3.40. The average Bonchev–Trinajstić information content (AvgIpc) is 2.85. The Hall–Kier alpha value is -1.79. The number of carbonyl (C=O) groups is 1. The van der Waals surface area contributed by atoms with E-state index in [1.807, 2.05) is 30.3 Å². The van der Waals surface area contributed by atoms with Gasteiger partial charge in [-0.1, -0.05) is 41.7 Å². The molecule has 0 bridgehead atoms. The molecule has 0 radical (unpaired) electrons. The summed E-state index contributed by atoms with van der Waals surface area (Å²) < 4.78 is 0. The Morgan fingerprint density at radius 2 is 2.11 bits per heavy atom. The van der Waals surface area contributed by atoms with E-state index in [1.54, 1.807) is 6.92 Å². The van der Waals surface area contributed by atoms with Crippen LogP contribution in [0.15, 0.2) is 30.3 Å². The fraction of sp³-hybridized carbons (Fsp3) is 0.308. The lowest BCUT2D eigenvalue weighted by Crippen LogP contribution is -2.29. The Kier molecular flexibility index (Phi) is 4.59. The Morgan fingerprint density at radius 1 is 1.37 bits per heavy atom. The van der Waals surface area contributed by atoms with Gasteiger partial charge in [0.1, 0.15) is 10.0 Å². The van der Waals surface area contributed by atoms with Gasteiger partial charge < -0.3 is 11.1 Å². The second-order valence-electron chi connectivity index (χ2n) is 4.33. The molecule has 2 rings (SSSR count). The zero-order valence-corrected chi connectivity index (χ0v) is 11.5. The Morgan fingerprint density at radius 3 is 2.79 bits per heavy atom. The zero-order chi connectivity index (χ0) is 13.7. The van der Waals surface area contributed by atoms with Crippen molar-refractivity contribution in [3.05, 3.63) is 35.3 Å². The van der Waals surface area contributed by atoms with Gasteiger partial charge in [0.25, 0.3) is 0 Å². The van der Waals surface area contributed by atoms with Gasteiger partial charge in [-0.05, 0) is 6.92 Å². The molecule has 0 spiro atoms. The van der Waals surface area contributed by atoms with Gasteiger partial charge in [0, 0.05) is 18.0 Å². The van der Waals surface area contributed by atoms with Crippen LogP contribution in [-0.4, -0.2) is 22.1 Å². The van der Waals surface area contributed by atoms with Crippen molar-refractivity contribution in [3.63, 3.8) is 0 Å². The first-order chi connectivity index (χ1) is 9.15. The Bertz CT molecular complexity index is 539. The number of carbonyl (C=O) groups excluding carboxylic acids is 1. The summed E-state index contributed by atoms with van der Waals surface area (Å²) in [6.45, 7) is 2.20. The summed E-state index contributed by atoms with van der Waals surface area (Å²) in [6, 6.07) is 9.72. The van der Waals surface area contributed by atoms with Gasteiger partial charge >= 0.3 is 0 Å². The van der Waals surface area contributed by atoms with Gasteiger partial charge in [-0.2, -0.15) is 0 Å². The SMILES string of the molecule is CC(N)CC(=O)NCc1nnc(-c2ccccc2)s1. The molecule has 1 amide bonds. The molecule has 0 fully saturated rings. The predicted molar refractivity (Wildman–Crippen MR) is 75.5 cm³/mol. The van der Waals surface area contributed by atoms with E-state index in [9.17, 15) is 4.79 Å². The monoisotopic (exact) mass is 276 g/mol.